The fourth-order valence-corrected chi connectivity index (χ4v) is 1.44. The number of carbonyl (C=O) groups is 1. The molecule has 0 aliphatic rings. The summed E-state index contributed by atoms with van der Waals surface area (Å²) in [6, 6.07) is 0. The third kappa shape index (κ3) is 6.05. The summed E-state index contributed by atoms with van der Waals surface area (Å²) >= 11 is 0. The molecule has 96 valence electrons. The van der Waals surface area contributed by atoms with E-state index in [1.807, 2.05) is 0 Å². The molecule has 0 spiro atoms. The van der Waals surface area contributed by atoms with E-state index < -0.39 is 11.4 Å². The molecule has 1 amide bonds. The number of nitrogens with two attached hydrogens (primary N) is 2. The number of nitrogens with zero attached hydrogens (tertiary/aromatic N) is 1. The van der Waals surface area contributed by atoms with Crippen molar-refractivity contribution in [1.29, 1.82) is 0 Å². The van der Waals surface area contributed by atoms with Gasteiger partial charge in [-0.2, -0.15) is 0 Å². The second kappa shape index (κ2) is 7.60. The molecule has 0 aromatic rings. The second-order valence-corrected chi connectivity index (χ2v) is 4.31. The molecule has 0 rings (SSSR count). The van der Waals surface area contributed by atoms with Crippen LogP contribution in [-0.2, 0) is 9.53 Å². The molecule has 0 saturated carbocycles. The number of ether oxygens (including phenoxy) is 1. The van der Waals surface area contributed by atoms with Crippen molar-refractivity contribution in [3.8, 4) is 0 Å². The summed E-state index contributed by atoms with van der Waals surface area (Å²) in [5, 5.41) is 0. The van der Waals surface area contributed by atoms with Gasteiger partial charge >= 0.3 is 0 Å². The molecule has 16 heavy (non-hydrogen) atoms. The summed E-state index contributed by atoms with van der Waals surface area (Å²) < 4.78 is 5.02. The van der Waals surface area contributed by atoms with Crippen LogP contribution >= 0.6 is 0 Å². The molecule has 1 atom stereocenters. The Labute approximate surface area is 98.1 Å². The fraction of sp³-hybridized carbons (Fsp3) is 0.909. The summed E-state index contributed by atoms with van der Waals surface area (Å²) in [5.41, 5.74) is 10.1. The van der Waals surface area contributed by atoms with Gasteiger partial charge in [0.1, 0.15) is 0 Å². The average Bonchev–Trinajstić information content (AvgIpc) is 2.22. The Hall–Kier alpha value is -0.650. The van der Waals surface area contributed by atoms with Crippen molar-refractivity contribution < 1.29 is 9.53 Å². The third-order valence-electron chi connectivity index (χ3n) is 2.79. The zero-order valence-electron chi connectivity index (χ0n) is 10.7. The van der Waals surface area contributed by atoms with Crippen LogP contribution in [0.2, 0.25) is 0 Å². The van der Waals surface area contributed by atoms with E-state index in [1.54, 1.807) is 14.0 Å². The van der Waals surface area contributed by atoms with Crippen LogP contribution in [0.15, 0.2) is 0 Å². The van der Waals surface area contributed by atoms with Gasteiger partial charge in [-0.1, -0.05) is 6.92 Å². The first kappa shape index (κ1) is 15.3. The van der Waals surface area contributed by atoms with E-state index in [1.165, 1.54) is 0 Å². The Bertz CT molecular complexity index is 207. The Morgan fingerprint density at radius 3 is 2.50 bits per heavy atom. The highest BCUT2D eigenvalue weighted by molar-refractivity contribution is 5.83. The maximum Gasteiger partial charge on any atom is 0.237 e. The van der Waals surface area contributed by atoms with Crippen LogP contribution in [0.5, 0.6) is 0 Å². The topological polar surface area (TPSA) is 81.6 Å². The minimum absolute atomic E-state index is 0.438. The van der Waals surface area contributed by atoms with Crippen LogP contribution in [-0.4, -0.2) is 49.7 Å². The van der Waals surface area contributed by atoms with Gasteiger partial charge in [-0.3, -0.25) is 4.79 Å². The van der Waals surface area contributed by atoms with Crippen LogP contribution in [0.25, 0.3) is 0 Å². The lowest BCUT2D eigenvalue weighted by molar-refractivity contribution is -0.122. The maximum absolute atomic E-state index is 11.0. The lowest BCUT2D eigenvalue weighted by Gasteiger charge is -2.24. The largest absolute Gasteiger partial charge is 0.383 e. The standard InChI is InChI=1S/C11H25N3O2/c1-4-14(8-9-16-3)7-5-6-11(2,13)10(12)15/h4-9,13H2,1-3H3,(H2,12,15). The first-order valence-corrected chi connectivity index (χ1v) is 5.74. The zero-order valence-corrected chi connectivity index (χ0v) is 10.7. The monoisotopic (exact) mass is 231 g/mol. The normalized spacial score (nSPS) is 15.1. The number of hydrogen-bond acceptors (Lipinski definition) is 4. The van der Waals surface area contributed by atoms with Crippen LogP contribution < -0.4 is 11.5 Å². The first-order valence-electron chi connectivity index (χ1n) is 5.74. The predicted octanol–water partition coefficient (Wildman–Crippen LogP) is -0.0624. The van der Waals surface area contributed by atoms with Crippen molar-refractivity contribution >= 4 is 5.91 Å². The number of primary amides is 1. The highest BCUT2D eigenvalue weighted by atomic mass is 16.5. The molecule has 0 aliphatic carbocycles. The lowest BCUT2D eigenvalue weighted by Crippen LogP contribution is -2.49. The van der Waals surface area contributed by atoms with Crippen molar-refractivity contribution in [2.24, 2.45) is 11.5 Å². The van der Waals surface area contributed by atoms with E-state index in [-0.39, 0.29) is 0 Å². The van der Waals surface area contributed by atoms with Gasteiger partial charge in [-0.15, -0.1) is 0 Å². The fourth-order valence-electron chi connectivity index (χ4n) is 1.44. The smallest absolute Gasteiger partial charge is 0.237 e. The van der Waals surface area contributed by atoms with Gasteiger partial charge in [0.25, 0.3) is 0 Å². The van der Waals surface area contributed by atoms with Crippen LogP contribution in [0.1, 0.15) is 26.7 Å². The van der Waals surface area contributed by atoms with Crippen LogP contribution in [0.4, 0.5) is 0 Å². The zero-order chi connectivity index (χ0) is 12.6. The van der Waals surface area contributed by atoms with Gasteiger partial charge in [0.2, 0.25) is 5.91 Å². The number of methoxy groups -OCH3 is 1. The maximum atomic E-state index is 11.0. The SMILES string of the molecule is CCN(CCCC(C)(N)C(N)=O)CCOC. The van der Waals surface area contributed by atoms with Gasteiger partial charge < -0.3 is 21.1 Å². The van der Waals surface area contributed by atoms with Gasteiger partial charge in [0, 0.05) is 13.7 Å². The van der Waals surface area contributed by atoms with E-state index in [4.69, 9.17) is 16.2 Å². The average molecular weight is 231 g/mol. The van der Waals surface area contributed by atoms with Crippen LogP contribution in [0, 0.1) is 0 Å². The molecule has 0 radical (unpaired) electrons. The summed E-state index contributed by atoms with van der Waals surface area (Å²) in [4.78, 5) is 13.3. The van der Waals surface area contributed by atoms with Gasteiger partial charge in [0.15, 0.2) is 0 Å². The summed E-state index contributed by atoms with van der Waals surface area (Å²) in [6.07, 6.45) is 1.49. The molecule has 0 saturated heterocycles. The minimum Gasteiger partial charge on any atom is -0.383 e. The first-order chi connectivity index (χ1) is 7.44. The molecule has 0 fully saturated rings. The molecule has 0 heterocycles. The molecule has 0 bridgehead atoms. The Balaban J connectivity index is 3.81. The molecule has 0 aromatic carbocycles. The molecule has 0 aromatic heterocycles. The van der Waals surface area contributed by atoms with E-state index in [0.29, 0.717) is 6.42 Å². The Morgan fingerprint density at radius 2 is 2.06 bits per heavy atom. The number of amides is 1. The molecule has 5 nitrogen and oxygen atoms in total. The summed E-state index contributed by atoms with van der Waals surface area (Å²) in [5.74, 6) is -0.438. The van der Waals surface area contributed by atoms with Crippen LogP contribution in [0.3, 0.4) is 0 Å². The van der Waals surface area contributed by atoms with Crippen molar-refractivity contribution in [3.05, 3.63) is 0 Å². The second-order valence-electron chi connectivity index (χ2n) is 4.31. The number of rotatable bonds is 9. The van der Waals surface area contributed by atoms with Gasteiger partial charge in [0.05, 0.1) is 12.1 Å². The predicted molar refractivity (Wildman–Crippen MR) is 65.0 cm³/mol. The number of carbonyl (C=O) groups excluding carboxylic acids is 1. The van der Waals surface area contributed by atoms with Gasteiger partial charge in [-0.05, 0) is 32.9 Å². The van der Waals surface area contributed by atoms with E-state index in [0.717, 1.165) is 32.7 Å². The minimum atomic E-state index is -0.888. The van der Waals surface area contributed by atoms with E-state index in [9.17, 15) is 4.79 Å². The van der Waals surface area contributed by atoms with Crippen molar-refractivity contribution in [3.63, 3.8) is 0 Å². The molecule has 0 aliphatic heterocycles. The molecule has 5 heteroatoms. The lowest BCUT2D eigenvalue weighted by atomic mass is 9.96. The van der Waals surface area contributed by atoms with Crippen molar-refractivity contribution in [2.45, 2.75) is 32.2 Å². The quantitative estimate of drug-likeness (QED) is 0.582. The molecular formula is C11H25N3O2. The van der Waals surface area contributed by atoms with Gasteiger partial charge in [-0.25, -0.2) is 0 Å². The highest BCUT2D eigenvalue weighted by Gasteiger charge is 2.24. The molecule has 4 N–H and O–H groups in total. The summed E-state index contributed by atoms with van der Waals surface area (Å²) in [7, 11) is 1.69. The molecular weight excluding hydrogens is 206 g/mol. The number of hydrogen-bond donors (Lipinski definition) is 2. The van der Waals surface area contributed by atoms with Crippen molar-refractivity contribution in [1.82, 2.24) is 4.90 Å². The Kier molecular flexibility index (Phi) is 7.29. The van der Waals surface area contributed by atoms with Crippen molar-refractivity contribution in [2.75, 3.05) is 33.4 Å². The van der Waals surface area contributed by atoms with E-state index in [2.05, 4.69) is 11.8 Å². The molecule has 1 unspecified atom stereocenters. The summed E-state index contributed by atoms with van der Waals surface area (Å²) in [6.45, 7) is 7.31. The third-order valence-corrected chi connectivity index (χ3v) is 2.79. The van der Waals surface area contributed by atoms with E-state index >= 15 is 0 Å². The Morgan fingerprint density at radius 1 is 1.44 bits per heavy atom. The number of likely N-dealkylation sites (N-methyl/N-ethyl adjacent to an activating group) is 1. The highest BCUT2D eigenvalue weighted by Crippen LogP contribution is 2.08.